The maximum Gasteiger partial charge on any atom is 0.298 e. The van der Waals surface area contributed by atoms with Crippen molar-refractivity contribution in [1.29, 1.82) is 0 Å². The molecule has 27 heavy (non-hydrogen) atoms. The van der Waals surface area contributed by atoms with E-state index in [1.807, 2.05) is 23.1 Å². The number of aromatic nitrogens is 3. The summed E-state index contributed by atoms with van der Waals surface area (Å²) in [6.07, 6.45) is 1.69. The number of hydrogen-bond donors (Lipinski definition) is 2. The predicted octanol–water partition coefficient (Wildman–Crippen LogP) is 1.86. The van der Waals surface area contributed by atoms with Crippen LogP contribution in [-0.2, 0) is 5.60 Å². The van der Waals surface area contributed by atoms with Crippen LogP contribution >= 0.6 is 0 Å². The number of primary amides is 1. The smallest absolute Gasteiger partial charge is 0.298 e. The molecular weight excluding hydrogens is 346 g/mol. The Hall–Kier alpha value is -3.00. The summed E-state index contributed by atoms with van der Waals surface area (Å²) in [6.45, 7) is 6.51. The summed E-state index contributed by atoms with van der Waals surface area (Å²) in [6, 6.07) is 6.04. The molecule has 4 rings (SSSR count). The zero-order valence-corrected chi connectivity index (χ0v) is 15.4. The van der Waals surface area contributed by atoms with Gasteiger partial charge in [-0.25, -0.2) is 4.98 Å². The maximum atomic E-state index is 11.5. The molecule has 3 aromatic rings. The lowest BCUT2D eigenvalue weighted by Gasteiger charge is -2.37. The third-order valence-corrected chi connectivity index (χ3v) is 4.86. The van der Waals surface area contributed by atoms with Crippen molar-refractivity contribution in [3.63, 3.8) is 0 Å². The van der Waals surface area contributed by atoms with E-state index in [1.54, 1.807) is 27.0 Å². The van der Waals surface area contributed by atoms with Gasteiger partial charge in [0, 0.05) is 25.2 Å². The SMILES string of the molecule is Cc1ncc(C2CN(c3nc4ccc(C(C)(C)O)cc4o3)C2)nc1C(N)=O. The molecule has 3 N–H and O–H groups in total. The quantitative estimate of drug-likeness (QED) is 0.722. The second-order valence-corrected chi connectivity index (χ2v) is 7.43. The van der Waals surface area contributed by atoms with Crippen molar-refractivity contribution in [1.82, 2.24) is 15.0 Å². The first-order valence-corrected chi connectivity index (χ1v) is 8.74. The summed E-state index contributed by atoms with van der Waals surface area (Å²) in [5.74, 6) is -0.433. The number of carbonyl (C=O) groups is 1. The maximum absolute atomic E-state index is 11.5. The Bertz CT molecular complexity index is 1030. The van der Waals surface area contributed by atoms with Gasteiger partial charge < -0.3 is 20.2 Å². The summed E-state index contributed by atoms with van der Waals surface area (Å²) in [5, 5.41) is 10.1. The van der Waals surface area contributed by atoms with Gasteiger partial charge in [-0.15, -0.1) is 0 Å². The Balaban J connectivity index is 1.53. The van der Waals surface area contributed by atoms with Gasteiger partial charge in [-0.1, -0.05) is 6.07 Å². The van der Waals surface area contributed by atoms with Crippen LogP contribution in [0.15, 0.2) is 28.8 Å². The van der Waals surface area contributed by atoms with Gasteiger partial charge in [-0.05, 0) is 38.5 Å². The number of amides is 1. The van der Waals surface area contributed by atoms with E-state index in [-0.39, 0.29) is 11.6 Å². The van der Waals surface area contributed by atoms with Crippen LogP contribution in [0.25, 0.3) is 11.1 Å². The number of aliphatic hydroxyl groups is 1. The number of nitrogens with two attached hydrogens (primary N) is 1. The van der Waals surface area contributed by atoms with Crippen molar-refractivity contribution in [3.8, 4) is 0 Å². The molecule has 3 heterocycles. The fourth-order valence-corrected chi connectivity index (χ4v) is 3.14. The van der Waals surface area contributed by atoms with Crippen LogP contribution in [0.5, 0.6) is 0 Å². The van der Waals surface area contributed by atoms with Gasteiger partial charge in [0.15, 0.2) is 5.58 Å². The molecule has 1 amide bonds. The standard InChI is InChI=1S/C19H21N5O3/c1-10-16(17(20)25)22-14(7-21-10)11-8-24(9-11)18-23-13-5-4-12(19(2,3)26)6-15(13)27-18/h4-7,11,26H,8-9H2,1-3H3,(H2,20,25). The monoisotopic (exact) mass is 367 g/mol. The molecule has 1 saturated heterocycles. The van der Waals surface area contributed by atoms with E-state index in [2.05, 4.69) is 15.0 Å². The number of rotatable bonds is 4. The molecule has 0 radical (unpaired) electrons. The molecule has 0 atom stereocenters. The lowest BCUT2D eigenvalue weighted by atomic mass is 9.97. The Morgan fingerprint density at radius 1 is 1.33 bits per heavy atom. The van der Waals surface area contributed by atoms with Gasteiger partial charge >= 0.3 is 0 Å². The molecule has 1 aliphatic rings. The van der Waals surface area contributed by atoms with E-state index < -0.39 is 11.5 Å². The average molecular weight is 367 g/mol. The highest BCUT2D eigenvalue weighted by Crippen LogP contribution is 2.33. The van der Waals surface area contributed by atoms with Crippen LogP contribution in [0.1, 0.15) is 47.2 Å². The third kappa shape index (κ3) is 3.12. The van der Waals surface area contributed by atoms with E-state index in [1.165, 1.54) is 0 Å². The molecule has 1 fully saturated rings. The molecule has 0 aliphatic carbocycles. The number of aryl methyl sites for hydroxylation is 1. The van der Waals surface area contributed by atoms with Gasteiger partial charge in [0.2, 0.25) is 0 Å². The van der Waals surface area contributed by atoms with Crippen LogP contribution in [0.4, 0.5) is 6.01 Å². The van der Waals surface area contributed by atoms with Gasteiger partial charge in [-0.2, -0.15) is 4.98 Å². The molecular formula is C19H21N5O3. The zero-order chi connectivity index (χ0) is 19.3. The van der Waals surface area contributed by atoms with Gasteiger partial charge in [0.25, 0.3) is 11.9 Å². The third-order valence-electron chi connectivity index (χ3n) is 4.86. The highest BCUT2D eigenvalue weighted by Gasteiger charge is 2.33. The molecule has 1 aliphatic heterocycles. The van der Waals surface area contributed by atoms with Crippen LogP contribution in [0.3, 0.4) is 0 Å². The minimum absolute atomic E-state index is 0.137. The van der Waals surface area contributed by atoms with E-state index in [9.17, 15) is 9.90 Å². The molecule has 1 aromatic carbocycles. The lowest BCUT2D eigenvalue weighted by Crippen LogP contribution is -2.45. The van der Waals surface area contributed by atoms with Crippen molar-refractivity contribution in [2.75, 3.05) is 18.0 Å². The number of anilines is 1. The first kappa shape index (κ1) is 17.4. The summed E-state index contributed by atoms with van der Waals surface area (Å²) in [7, 11) is 0. The Kier molecular flexibility index (Phi) is 3.88. The fourth-order valence-electron chi connectivity index (χ4n) is 3.14. The number of benzene rings is 1. The van der Waals surface area contributed by atoms with E-state index in [4.69, 9.17) is 10.2 Å². The number of nitrogens with zero attached hydrogens (tertiary/aromatic N) is 4. The minimum Gasteiger partial charge on any atom is -0.423 e. The summed E-state index contributed by atoms with van der Waals surface area (Å²) < 4.78 is 5.87. The topological polar surface area (TPSA) is 118 Å². The highest BCUT2D eigenvalue weighted by atomic mass is 16.4. The van der Waals surface area contributed by atoms with E-state index in [0.717, 1.165) is 16.8 Å². The van der Waals surface area contributed by atoms with E-state index >= 15 is 0 Å². The lowest BCUT2D eigenvalue weighted by molar-refractivity contribution is 0.0786. The van der Waals surface area contributed by atoms with E-state index in [0.29, 0.717) is 30.4 Å². The fraction of sp³-hybridized carbons (Fsp3) is 0.368. The van der Waals surface area contributed by atoms with Gasteiger partial charge in [-0.3, -0.25) is 9.78 Å². The summed E-state index contributed by atoms with van der Waals surface area (Å²) in [5.41, 5.74) is 8.05. The van der Waals surface area contributed by atoms with Crippen molar-refractivity contribution in [2.45, 2.75) is 32.3 Å². The van der Waals surface area contributed by atoms with Crippen molar-refractivity contribution in [2.24, 2.45) is 5.73 Å². The Labute approximate surface area is 156 Å². The number of fused-ring (bicyclic) bond motifs is 1. The number of carbonyl (C=O) groups excluding carboxylic acids is 1. The zero-order valence-electron chi connectivity index (χ0n) is 15.4. The van der Waals surface area contributed by atoms with Gasteiger partial charge in [0.05, 0.1) is 17.0 Å². The second-order valence-electron chi connectivity index (χ2n) is 7.43. The average Bonchev–Trinajstić information content (AvgIpc) is 2.96. The summed E-state index contributed by atoms with van der Waals surface area (Å²) >= 11 is 0. The first-order valence-electron chi connectivity index (χ1n) is 8.74. The van der Waals surface area contributed by atoms with Crippen molar-refractivity contribution < 1.29 is 14.3 Å². The first-order chi connectivity index (χ1) is 12.7. The summed E-state index contributed by atoms with van der Waals surface area (Å²) in [4.78, 5) is 26.6. The molecule has 2 aromatic heterocycles. The molecule has 0 spiro atoms. The van der Waals surface area contributed by atoms with Crippen molar-refractivity contribution >= 4 is 23.0 Å². The Morgan fingerprint density at radius 2 is 2.07 bits per heavy atom. The number of hydrogen-bond acceptors (Lipinski definition) is 7. The molecule has 8 nitrogen and oxygen atoms in total. The van der Waals surface area contributed by atoms with Crippen LogP contribution in [0.2, 0.25) is 0 Å². The minimum atomic E-state index is -0.939. The molecule has 140 valence electrons. The predicted molar refractivity (Wildman–Crippen MR) is 99.5 cm³/mol. The molecule has 0 saturated carbocycles. The Morgan fingerprint density at radius 3 is 2.74 bits per heavy atom. The normalized spacial score (nSPS) is 15.2. The largest absolute Gasteiger partial charge is 0.423 e. The highest BCUT2D eigenvalue weighted by molar-refractivity contribution is 5.91. The molecule has 0 unspecified atom stereocenters. The van der Waals surface area contributed by atoms with Crippen LogP contribution < -0.4 is 10.6 Å². The second kappa shape index (κ2) is 6.02. The number of oxazole rings is 1. The van der Waals surface area contributed by atoms with Crippen molar-refractivity contribution in [3.05, 3.63) is 47.0 Å². The van der Waals surface area contributed by atoms with Crippen LogP contribution in [-0.4, -0.2) is 39.1 Å². The van der Waals surface area contributed by atoms with Crippen LogP contribution in [0, 0.1) is 6.92 Å². The van der Waals surface area contributed by atoms with Gasteiger partial charge in [0.1, 0.15) is 11.2 Å². The molecule has 8 heteroatoms. The molecule has 0 bridgehead atoms.